The summed E-state index contributed by atoms with van der Waals surface area (Å²) in [5, 5.41) is 16.8. The van der Waals surface area contributed by atoms with Crippen LogP contribution >= 0.6 is 0 Å². The number of aliphatic hydroxyl groups excluding tert-OH is 1. The number of hydrogen-bond acceptors (Lipinski definition) is 6. The van der Waals surface area contributed by atoms with Gasteiger partial charge in [0.05, 0.1) is 37.2 Å². The molecule has 9 heteroatoms. The van der Waals surface area contributed by atoms with E-state index in [2.05, 4.69) is 10.6 Å². The van der Waals surface area contributed by atoms with Gasteiger partial charge in [-0.2, -0.15) is 0 Å². The van der Waals surface area contributed by atoms with Crippen LogP contribution in [0.3, 0.4) is 0 Å². The summed E-state index contributed by atoms with van der Waals surface area (Å²) in [6.07, 6.45) is 5.71. The lowest BCUT2D eigenvalue weighted by molar-refractivity contribution is -0.145. The zero-order chi connectivity index (χ0) is 28.6. The van der Waals surface area contributed by atoms with Crippen molar-refractivity contribution in [3.63, 3.8) is 0 Å². The molecule has 1 saturated carbocycles. The van der Waals surface area contributed by atoms with Gasteiger partial charge < -0.3 is 30.1 Å². The summed E-state index contributed by atoms with van der Waals surface area (Å²) in [7, 11) is 0. The molecule has 3 heterocycles. The van der Waals surface area contributed by atoms with Gasteiger partial charge in [-0.25, -0.2) is 0 Å². The molecule has 6 atom stereocenters. The molecular formula is C32H39N3O6. The first-order chi connectivity index (χ1) is 20.0. The number of anilines is 1. The van der Waals surface area contributed by atoms with Crippen LogP contribution in [0.4, 0.5) is 5.69 Å². The number of fused-ring (bicyclic) bond motifs is 1. The number of amides is 3. The summed E-state index contributed by atoms with van der Waals surface area (Å²) in [5.41, 5.74) is 0.214. The molecule has 3 saturated heterocycles. The molecule has 0 aromatic heterocycles. The summed E-state index contributed by atoms with van der Waals surface area (Å²) in [4.78, 5) is 43.8. The standard InChI is InChI=1S/C32H39N3O6/c1-2-40-23-15-13-22(14-16-23)33-29(37)26-25-17-18-32(41-25)27(26)31(39)35(24(19-36)20-9-5-3-6-10-20)28(32)30(38)34-21-11-7-4-8-12-21/h3,5-6,9-10,13-16,21,24-28,36H,2,4,7-8,11-12,17-19H2,1H3,(H,33,37)(H,34,38)/t24-,25-,26+,27+,28?,32?/m1/s1. The molecule has 3 N–H and O–H groups in total. The minimum atomic E-state index is -1.12. The van der Waals surface area contributed by atoms with Crippen molar-refractivity contribution in [2.45, 2.75) is 81.7 Å². The highest BCUT2D eigenvalue weighted by Gasteiger charge is 2.75. The Morgan fingerprint density at radius 3 is 2.46 bits per heavy atom. The molecule has 2 bridgehead atoms. The fraction of sp³-hybridized carbons (Fsp3) is 0.531. The number of aliphatic hydroxyl groups is 1. The Hall–Kier alpha value is -3.43. The summed E-state index contributed by atoms with van der Waals surface area (Å²) in [6, 6.07) is 14.8. The van der Waals surface area contributed by atoms with Gasteiger partial charge >= 0.3 is 0 Å². The topological polar surface area (TPSA) is 117 Å². The van der Waals surface area contributed by atoms with E-state index in [0.29, 0.717) is 30.9 Å². The van der Waals surface area contributed by atoms with E-state index in [9.17, 15) is 19.5 Å². The molecule has 2 aromatic carbocycles. The van der Waals surface area contributed by atoms with Gasteiger partial charge in [-0.3, -0.25) is 14.4 Å². The second-order valence-corrected chi connectivity index (χ2v) is 11.7. The maximum atomic E-state index is 14.4. The molecule has 0 radical (unpaired) electrons. The van der Waals surface area contributed by atoms with Crippen LogP contribution in [-0.2, 0) is 19.1 Å². The van der Waals surface area contributed by atoms with E-state index in [1.807, 2.05) is 37.3 Å². The predicted molar refractivity (Wildman–Crippen MR) is 152 cm³/mol. The number of ether oxygens (including phenoxy) is 2. The summed E-state index contributed by atoms with van der Waals surface area (Å²) in [6.45, 7) is 2.10. The SMILES string of the molecule is CCOc1ccc(NC(=O)[C@@H]2[C@H]3C(=O)N([C@H](CO)c4ccccc4)C(C(=O)NC4CCCCC4)C34CC[C@H]2O4)cc1. The number of benzene rings is 2. The lowest BCUT2D eigenvalue weighted by Gasteiger charge is -2.38. The zero-order valence-electron chi connectivity index (χ0n) is 23.5. The number of nitrogens with one attached hydrogen (secondary N) is 2. The van der Waals surface area contributed by atoms with Crippen LogP contribution in [-0.4, -0.2) is 64.7 Å². The molecule has 6 rings (SSSR count). The highest BCUT2D eigenvalue weighted by molar-refractivity contribution is 6.02. The second-order valence-electron chi connectivity index (χ2n) is 11.7. The van der Waals surface area contributed by atoms with Crippen LogP contribution in [0, 0.1) is 11.8 Å². The first kappa shape index (κ1) is 27.7. The summed E-state index contributed by atoms with van der Waals surface area (Å²) in [5.74, 6) is -1.72. The maximum Gasteiger partial charge on any atom is 0.246 e. The van der Waals surface area contributed by atoms with Gasteiger partial charge in [0.2, 0.25) is 17.7 Å². The van der Waals surface area contributed by atoms with Crippen LogP contribution in [0.15, 0.2) is 54.6 Å². The Bertz CT molecular complexity index is 1260. The highest BCUT2D eigenvalue weighted by Crippen LogP contribution is 2.59. The fourth-order valence-electron chi connectivity index (χ4n) is 7.61. The van der Waals surface area contributed by atoms with E-state index in [-0.39, 0.29) is 30.4 Å². The molecule has 4 aliphatic rings. The van der Waals surface area contributed by atoms with Gasteiger partial charge in [-0.1, -0.05) is 49.6 Å². The number of nitrogens with zero attached hydrogens (tertiary/aromatic N) is 1. The molecule has 1 spiro atoms. The first-order valence-corrected chi connectivity index (χ1v) is 15.0. The Morgan fingerprint density at radius 1 is 1.05 bits per heavy atom. The Labute approximate surface area is 240 Å². The van der Waals surface area contributed by atoms with Crippen LogP contribution in [0.5, 0.6) is 5.75 Å². The minimum Gasteiger partial charge on any atom is -0.494 e. The second kappa shape index (κ2) is 11.4. The average Bonchev–Trinajstić information content (AvgIpc) is 3.63. The molecule has 1 aliphatic carbocycles. The Balaban J connectivity index is 1.33. The molecule has 4 fully saturated rings. The molecule has 3 aliphatic heterocycles. The van der Waals surface area contributed by atoms with Crippen LogP contribution in [0.1, 0.15) is 63.5 Å². The van der Waals surface area contributed by atoms with Gasteiger partial charge in [0, 0.05) is 11.7 Å². The van der Waals surface area contributed by atoms with Crippen molar-refractivity contribution < 1.29 is 29.0 Å². The van der Waals surface area contributed by atoms with E-state index in [1.165, 1.54) is 4.90 Å². The number of carbonyl (C=O) groups is 3. The van der Waals surface area contributed by atoms with Crippen molar-refractivity contribution in [1.82, 2.24) is 10.2 Å². The highest BCUT2D eigenvalue weighted by atomic mass is 16.5. The smallest absolute Gasteiger partial charge is 0.246 e. The van der Waals surface area contributed by atoms with Crippen molar-refractivity contribution in [1.29, 1.82) is 0 Å². The zero-order valence-corrected chi connectivity index (χ0v) is 23.5. The largest absolute Gasteiger partial charge is 0.494 e. The van der Waals surface area contributed by atoms with Gasteiger partial charge in [0.15, 0.2) is 0 Å². The number of likely N-dealkylation sites (tertiary alicyclic amines) is 1. The van der Waals surface area contributed by atoms with E-state index < -0.39 is 35.6 Å². The van der Waals surface area contributed by atoms with Gasteiger partial charge in [0.1, 0.15) is 17.4 Å². The van der Waals surface area contributed by atoms with Crippen molar-refractivity contribution >= 4 is 23.4 Å². The molecule has 9 nitrogen and oxygen atoms in total. The molecule has 2 aromatic rings. The number of rotatable bonds is 9. The van der Waals surface area contributed by atoms with E-state index in [1.54, 1.807) is 24.3 Å². The van der Waals surface area contributed by atoms with Crippen molar-refractivity contribution in [2.75, 3.05) is 18.5 Å². The van der Waals surface area contributed by atoms with Gasteiger partial charge in [0.25, 0.3) is 0 Å². The summed E-state index contributed by atoms with van der Waals surface area (Å²) < 4.78 is 12.1. The van der Waals surface area contributed by atoms with Gasteiger partial charge in [-0.15, -0.1) is 0 Å². The predicted octanol–water partition coefficient (Wildman–Crippen LogP) is 3.58. The molecular weight excluding hydrogens is 522 g/mol. The number of hydrogen-bond donors (Lipinski definition) is 3. The third-order valence-corrected chi connectivity index (χ3v) is 9.37. The number of carbonyl (C=O) groups excluding carboxylic acids is 3. The van der Waals surface area contributed by atoms with Crippen LogP contribution in [0.25, 0.3) is 0 Å². The molecule has 218 valence electrons. The summed E-state index contributed by atoms with van der Waals surface area (Å²) >= 11 is 0. The molecule has 2 unspecified atom stereocenters. The van der Waals surface area contributed by atoms with E-state index in [4.69, 9.17) is 9.47 Å². The monoisotopic (exact) mass is 561 g/mol. The van der Waals surface area contributed by atoms with Gasteiger partial charge in [-0.05, 0) is 62.4 Å². The Morgan fingerprint density at radius 2 is 1.78 bits per heavy atom. The first-order valence-electron chi connectivity index (χ1n) is 15.0. The third-order valence-electron chi connectivity index (χ3n) is 9.37. The van der Waals surface area contributed by atoms with E-state index in [0.717, 1.165) is 37.7 Å². The fourth-order valence-corrected chi connectivity index (χ4v) is 7.61. The minimum absolute atomic E-state index is 0.0466. The van der Waals surface area contributed by atoms with Crippen molar-refractivity contribution in [3.8, 4) is 5.75 Å². The van der Waals surface area contributed by atoms with E-state index >= 15 is 0 Å². The maximum absolute atomic E-state index is 14.4. The normalized spacial score (nSPS) is 29.7. The lowest BCUT2D eigenvalue weighted by atomic mass is 9.70. The third kappa shape index (κ3) is 4.89. The van der Waals surface area contributed by atoms with Crippen molar-refractivity contribution in [2.24, 2.45) is 11.8 Å². The lowest BCUT2D eigenvalue weighted by Crippen LogP contribution is -2.57. The average molecular weight is 562 g/mol. The molecule has 41 heavy (non-hydrogen) atoms. The molecule has 3 amide bonds. The van der Waals surface area contributed by atoms with Crippen LogP contribution in [0.2, 0.25) is 0 Å². The quantitative estimate of drug-likeness (QED) is 0.431. The van der Waals surface area contributed by atoms with Crippen LogP contribution < -0.4 is 15.4 Å². The Kier molecular flexibility index (Phi) is 7.74. The van der Waals surface area contributed by atoms with Crippen molar-refractivity contribution in [3.05, 3.63) is 60.2 Å².